The predicted molar refractivity (Wildman–Crippen MR) is 79.9 cm³/mol. The lowest BCUT2D eigenvalue weighted by Gasteiger charge is -2.20. The molecule has 0 heterocycles. The minimum atomic E-state index is -3.77. The number of halogens is 3. The zero-order chi connectivity index (χ0) is 16.2. The normalized spacial score (nSPS) is 13.5. The van der Waals surface area contributed by atoms with Crippen molar-refractivity contribution in [1.82, 2.24) is 4.90 Å². The molecule has 0 radical (unpaired) electrons. The van der Waals surface area contributed by atoms with E-state index in [1.807, 2.05) is 18.9 Å². The molecular weight excluding hydrogens is 302 g/mol. The number of methoxy groups -OCH3 is 1. The summed E-state index contributed by atoms with van der Waals surface area (Å²) in [6.07, 6.45) is -0.516. The van der Waals surface area contributed by atoms with Gasteiger partial charge < -0.3 is 14.7 Å². The summed E-state index contributed by atoms with van der Waals surface area (Å²) in [5, 5.41) is 5.86. The number of aryl methyl sites for hydroxylation is 1. The lowest BCUT2D eigenvalue weighted by Crippen LogP contribution is -2.19. The van der Waals surface area contributed by atoms with Crippen molar-refractivity contribution in [3.63, 3.8) is 0 Å². The first kappa shape index (κ1) is 17.7. The number of hydrogen-bond acceptors (Lipinski definition) is 3. The van der Waals surface area contributed by atoms with Crippen molar-refractivity contribution in [3.05, 3.63) is 23.3 Å². The van der Waals surface area contributed by atoms with Crippen LogP contribution in [0.3, 0.4) is 0 Å². The van der Waals surface area contributed by atoms with Crippen LogP contribution in [0.1, 0.15) is 24.2 Å². The average molecular weight is 321 g/mol. The van der Waals surface area contributed by atoms with E-state index in [2.05, 4.69) is 4.99 Å². The summed E-state index contributed by atoms with van der Waals surface area (Å²) in [5.41, 5.74) is 1.13. The lowest BCUT2D eigenvalue weighted by atomic mass is 10.0. The smallest absolute Gasteiger partial charge is 0.351 e. The van der Waals surface area contributed by atoms with E-state index in [9.17, 15) is 13.9 Å². The maximum Gasteiger partial charge on any atom is 0.351 e. The largest absolute Gasteiger partial charge is 0.496 e. The van der Waals surface area contributed by atoms with E-state index in [1.54, 1.807) is 13.3 Å². The van der Waals surface area contributed by atoms with Crippen molar-refractivity contribution < 1.29 is 18.6 Å². The van der Waals surface area contributed by atoms with Gasteiger partial charge in [0.1, 0.15) is 5.75 Å². The van der Waals surface area contributed by atoms with Crippen LogP contribution in [-0.4, -0.2) is 42.4 Å². The number of rotatable bonds is 6. The highest BCUT2D eigenvalue weighted by Crippen LogP contribution is 2.41. The number of ether oxygens (including phenoxy) is 1. The van der Waals surface area contributed by atoms with Crippen LogP contribution in [0.4, 0.5) is 14.5 Å². The van der Waals surface area contributed by atoms with E-state index >= 15 is 0 Å². The number of benzene rings is 1. The van der Waals surface area contributed by atoms with E-state index in [4.69, 9.17) is 16.3 Å². The van der Waals surface area contributed by atoms with Gasteiger partial charge in [-0.1, -0.05) is 0 Å². The maximum atomic E-state index is 13.1. The molecule has 1 unspecified atom stereocenters. The van der Waals surface area contributed by atoms with Crippen LogP contribution >= 0.6 is 11.6 Å². The number of aliphatic hydroxyl groups excluding tert-OH is 1. The summed E-state index contributed by atoms with van der Waals surface area (Å²) >= 11 is 4.89. The molecule has 0 aliphatic carbocycles. The Hall–Kier alpha value is -1.40. The van der Waals surface area contributed by atoms with Crippen molar-refractivity contribution >= 4 is 23.6 Å². The highest BCUT2D eigenvalue weighted by Gasteiger charge is 2.38. The van der Waals surface area contributed by atoms with Crippen molar-refractivity contribution in [2.45, 2.75) is 25.3 Å². The summed E-state index contributed by atoms with van der Waals surface area (Å²) < 4.78 is 31.2. The van der Waals surface area contributed by atoms with Crippen LogP contribution < -0.4 is 4.74 Å². The van der Waals surface area contributed by atoms with Gasteiger partial charge in [-0.05, 0) is 37.1 Å². The molecule has 0 aromatic heterocycles. The van der Waals surface area contributed by atoms with Crippen molar-refractivity contribution in [2.75, 3.05) is 20.7 Å². The summed E-state index contributed by atoms with van der Waals surface area (Å²) in [7, 11) is 3.20. The first-order valence-electron chi connectivity index (χ1n) is 6.38. The standard InChI is InChI=1S/C14H19ClF2N2O2/c1-5-19(3)8-18-11-7-12(21-4)10(6-9(11)2)13(20)14(15,16)17/h6-8,13,20H,5H2,1-4H3. The first-order valence-corrected chi connectivity index (χ1v) is 6.76. The minimum absolute atomic E-state index is 0.0715. The topological polar surface area (TPSA) is 45.1 Å². The fraction of sp³-hybridized carbons (Fsp3) is 0.500. The molecule has 7 heteroatoms. The lowest BCUT2D eigenvalue weighted by molar-refractivity contribution is -0.0434. The van der Waals surface area contributed by atoms with Crippen LogP contribution in [0.2, 0.25) is 0 Å². The van der Waals surface area contributed by atoms with Gasteiger partial charge >= 0.3 is 5.38 Å². The quantitative estimate of drug-likeness (QED) is 0.496. The molecule has 1 rings (SSSR count). The van der Waals surface area contributed by atoms with Gasteiger partial charge in [0, 0.05) is 25.2 Å². The molecule has 1 aromatic rings. The number of alkyl halides is 3. The minimum Gasteiger partial charge on any atom is -0.496 e. The van der Waals surface area contributed by atoms with Crippen LogP contribution in [0, 0.1) is 6.92 Å². The van der Waals surface area contributed by atoms with Gasteiger partial charge in [-0.3, -0.25) is 0 Å². The first-order chi connectivity index (χ1) is 9.70. The molecule has 0 fully saturated rings. The number of nitrogens with zero attached hydrogens (tertiary/aromatic N) is 2. The molecule has 1 N–H and O–H groups in total. The average Bonchev–Trinajstić information content (AvgIpc) is 2.43. The van der Waals surface area contributed by atoms with Gasteiger partial charge in [-0.15, -0.1) is 0 Å². The Morgan fingerprint density at radius 3 is 2.62 bits per heavy atom. The maximum absolute atomic E-state index is 13.1. The second kappa shape index (κ2) is 7.04. The van der Waals surface area contributed by atoms with Gasteiger partial charge in [0.25, 0.3) is 0 Å². The van der Waals surface area contributed by atoms with Crippen LogP contribution in [0.5, 0.6) is 5.75 Å². The third-order valence-corrected chi connectivity index (χ3v) is 3.25. The predicted octanol–water partition coefficient (Wildman–Crippen LogP) is 3.48. The SMILES string of the molecule is CCN(C)C=Nc1cc(OC)c(C(O)C(F)(F)Cl)cc1C. The fourth-order valence-electron chi connectivity index (χ4n) is 1.65. The van der Waals surface area contributed by atoms with Gasteiger partial charge in [-0.25, -0.2) is 4.99 Å². The molecule has 21 heavy (non-hydrogen) atoms. The second-order valence-corrected chi connectivity index (χ2v) is 5.15. The van der Waals surface area contributed by atoms with Crippen molar-refractivity contribution in [2.24, 2.45) is 4.99 Å². The molecule has 118 valence electrons. The summed E-state index contributed by atoms with van der Waals surface area (Å²) in [4.78, 5) is 6.13. The Kier molecular flexibility index (Phi) is 5.92. The van der Waals surface area contributed by atoms with Gasteiger partial charge in [0.2, 0.25) is 0 Å². The van der Waals surface area contributed by atoms with Crippen molar-refractivity contribution in [3.8, 4) is 5.75 Å². The summed E-state index contributed by atoms with van der Waals surface area (Å²) in [6, 6.07) is 2.90. The number of aliphatic hydroxyl groups is 1. The highest BCUT2D eigenvalue weighted by molar-refractivity contribution is 6.22. The molecular formula is C14H19ClF2N2O2. The van der Waals surface area contributed by atoms with Crippen molar-refractivity contribution in [1.29, 1.82) is 0 Å². The molecule has 0 aliphatic rings. The zero-order valence-electron chi connectivity index (χ0n) is 12.4. The molecule has 1 aromatic carbocycles. The van der Waals surface area contributed by atoms with E-state index in [0.29, 0.717) is 11.3 Å². The molecule has 1 atom stereocenters. The molecule has 0 amide bonds. The molecule has 0 bridgehead atoms. The Labute approximate surface area is 128 Å². The molecule has 0 spiro atoms. The summed E-state index contributed by atoms with van der Waals surface area (Å²) in [5.74, 6) is 0.111. The summed E-state index contributed by atoms with van der Waals surface area (Å²) in [6.45, 7) is 4.47. The van der Waals surface area contributed by atoms with E-state index in [0.717, 1.165) is 6.54 Å². The van der Waals surface area contributed by atoms with Crippen LogP contribution in [0.15, 0.2) is 17.1 Å². The Morgan fingerprint density at radius 2 is 2.14 bits per heavy atom. The third kappa shape index (κ3) is 4.54. The van der Waals surface area contributed by atoms with Crippen LogP contribution in [0.25, 0.3) is 0 Å². The van der Waals surface area contributed by atoms with Gasteiger partial charge in [-0.2, -0.15) is 8.78 Å². The number of aliphatic imine (C=N–C) groups is 1. The Bertz CT molecular complexity index is 518. The van der Waals surface area contributed by atoms with E-state index in [-0.39, 0.29) is 11.3 Å². The van der Waals surface area contributed by atoms with E-state index in [1.165, 1.54) is 19.2 Å². The Balaban J connectivity index is 3.22. The molecule has 0 aliphatic heterocycles. The second-order valence-electron chi connectivity index (χ2n) is 4.64. The fourth-order valence-corrected chi connectivity index (χ4v) is 1.77. The van der Waals surface area contributed by atoms with Gasteiger partial charge in [0.15, 0.2) is 6.10 Å². The van der Waals surface area contributed by atoms with Crippen LogP contribution in [-0.2, 0) is 0 Å². The molecule has 0 saturated carbocycles. The van der Waals surface area contributed by atoms with E-state index < -0.39 is 11.5 Å². The van der Waals surface area contributed by atoms with Gasteiger partial charge in [0.05, 0.1) is 19.1 Å². The highest BCUT2D eigenvalue weighted by atomic mass is 35.5. The third-order valence-electron chi connectivity index (χ3n) is 3.05. The molecule has 0 saturated heterocycles. The monoisotopic (exact) mass is 320 g/mol. The zero-order valence-corrected chi connectivity index (χ0v) is 13.2. The molecule has 4 nitrogen and oxygen atoms in total. The number of hydrogen-bond donors (Lipinski definition) is 1. The Morgan fingerprint density at radius 1 is 1.52 bits per heavy atom.